The summed E-state index contributed by atoms with van der Waals surface area (Å²) in [5.74, 6) is -4.24. The van der Waals surface area contributed by atoms with Gasteiger partial charge in [0, 0.05) is 11.8 Å². The topological polar surface area (TPSA) is 115 Å². The normalized spacial score (nSPS) is 35.3. The number of carbonyl (C=O) groups excluding carboxylic acids is 2. The predicted octanol–water partition coefficient (Wildman–Crippen LogP) is 0.471. The van der Waals surface area contributed by atoms with E-state index in [-0.39, 0.29) is 29.0 Å². The number of phenols is 2. The SMILES string of the molecule is C[C@@H]1[C@H](O)C2C(=O)c3c(O)ccc(O)c3C(=O)C2C[C@@H]1O. The molecule has 6 heteroatoms. The van der Waals surface area contributed by atoms with E-state index in [2.05, 4.69) is 0 Å². The minimum absolute atomic E-state index is 0.0575. The second-order valence-electron chi connectivity index (χ2n) is 5.87. The smallest absolute Gasteiger partial charge is 0.173 e. The Labute approximate surface area is 120 Å². The van der Waals surface area contributed by atoms with Crippen molar-refractivity contribution in [3.8, 4) is 11.5 Å². The van der Waals surface area contributed by atoms with Crippen molar-refractivity contribution in [1.82, 2.24) is 0 Å². The van der Waals surface area contributed by atoms with Gasteiger partial charge in [-0.1, -0.05) is 6.92 Å². The fourth-order valence-corrected chi connectivity index (χ4v) is 3.45. The van der Waals surface area contributed by atoms with E-state index < -0.39 is 41.5 Å². The molecule has 0 amide bonds. The van der Waals surface area contributed by atoms with Crippen LogP contribution in [0.5, 0.6) is 11.5 Å². The van der Waals surface area contributed by atoms with Crippen molar-refractivity contribution < 1.29 is 30.0 Å². The number of benzene rings is 1. The molecule has 0 spiro atoms. The first-order valence-electron chi connectivity index (χ1n) is 6.84. The van der Waals surface area contributed by atoms with Crippen LogP contribution in [0.4, 0.5) is 0 Å². The second kappa shape index (κ2) is 4.54. The van der Waals surface area contributed by atoms with E-state index in [1.807, 2.05) is 0 Å². The average Bonchev–Trinajstić information content (AvgIpc) is 2.44. The van der Waals surface area contributed by atoms with Gasteiger partial charge in [0.1, 0.15) is 11.5 Å². The zero-order valence-corrected chi connectivity index (χ0v) is 11.4. The zero-order valence-electron chi connectivity index (χ0n) is 11.4. The minimum Gasteiger partial charge on any atom is -0.507 e. The molecule has 4 N–H and O–H groups in total. The number of carbonyl (C=O) groups is 2. The number of Topliss-reactive ketones (excluding diaryl/α,β-unsaturated/α-hetero) is 2. The third-order valence-electron chi connectivity index (χ3n) is 4.74. The molecule has 6 nitrogen and oxygen atoms in total. The summed E-state index contributed by atoms with van der Waals surface area (Å²) in [5, 5.41) is 39.8. The van der Waals surface area contributed by atoms with Crippen molar-refractivity contribution in [1.29, 1.82) is 0 Å². The van der Waals surface area contributed by atoms with Crippen molar-refractivity contribution in [2.75, 3.05) is 0 Å². The van der Waals surface area contributed by atoms with E-state index >= 15 is 0 Å². The van der Waals surface area contributed by atoms with Gasteiger partial charge in [0.25, 0.3) is 0 Å². The highest BCUT2D eigenvalue weighted by Crippen LogP contribution is 2.46. The van der Waals surface area contributed by atoms with Crippen LogP contribution in [-0.2, 0) is 0 Å². The number of fused-ring (bicyclic) bond motifs is 2. The number of ketones is 2. The van der Waals surface area contributed by atoms with Crippen molar-refractivity contribution in [3.63, 3.8) is 0 Å². The molecule has 2 aliphatic rings. The highest BCUT2D eigenvalue weighted by atomic mass is 16.3. The van der Waals surface area contributed by atoms with E-state index in [0.29, 0.717) is 0 Å². The lowest BCUT2D eigenvalue weighted by atomic mass is 9.62. The van der Waals surface area contributed by atoms with Gasteiger partial charge in [-0.3, -0.25) is 9.59 Å². The fourth-order valence-electron chi connectivity index (χ4n) is 3.45. The lowest BCUT2D eigenvalue weighted by Crippen LogP contribution is -2.53. The lowest BCUT2D eigenvalue weighted by molar-refractivity contribution is -0.0604. The molecule has 112 valence electrons. The monoisotopic (exact) mass is 292 g/mol. The van der Waals surface area contributed by atoms with Gasteiger partial charge in [-0.2, -0.15) is 0 Å². The predicted molar refractivity (Wildman–Crippen MR) is 71.2 cm³/mol. The quantitative estimate of drug-likeness (QED) is 0.517. The summed E-state index contributed by atoms with van der Waals surface area (Å²) >= 11 is 0. The van der Waals surface area contributed by atoms with Crippen molar-refractivity contribution in [2.24, 2.45) is 17.8 Å². The van der Waals surface area contributed by atoms with Crippen LogP contribution in [0, 0.1) is 17.8 Å². The van der Waals surface area contributed by atoms with Gasteiger partial charge in [0.15, 0.2) is 11.6 Å². The molecule has 2 aliphatic carbocycles. The molecule has 0 bridgehead atoms. The summed E-state index contributed by atoms with van der Waals surface area (Å²) in [6.45, 7) is 1.61. The Balaban J connectivity index is 2.20. The summed E-state index contributed by atoms with van der Waals surface area (Å²) in [6.07, 6.45) is -1.99. The molecule has 21 heavy (non-hydrogen) atoms. The van der Waals surface area contributed by atoms with Crippen LogP contribution >= 0.6 is 0 Å². The first kappa shape index (κ1) is 14.0. The Hall–Kier alpha value is -1.92. The Morgan fingerprint density at radius 1 is 1.00 bits per heavy atom. The van der Waals surface area contributed by atoms with Crippen LogP contribution in [0.3, 0.4) is 0 Å². The molecule has 1 aromatic rings. The Morgan fingerprint density at radius 2 is 1.52 bits per heavy atom. The molecule has 1 saturated carbocycles. The number of hydrogen-bond acceptors (Lipinski definition) is 6. The van der Waals surface area contributed by atoms with Crippen molar-refractivity contribution in [2.45, 2.75) is 25.6 Å². The van der Waals surface area contributed by atoms with Gasteiger partial charge in [-0.15, -0.1) is 0 Å². The van der Waals surface area contributed by atoms with E-state index in [4.69, 9.17) is 0 Å². The van der Waals surface area contributed by atoms with Crippen LogP contribution in [0.15, 0.2) is 12.1 Å². The summed E-state index contributed by atoms with van der Waals surface area (Å²) < 4.78 is 0. The van der Waals surface area contributed by atoms with Gasteiger partial charge in [-0.25, -0.2) is 0 Å². The van der Waals surface area contributed by atoms with Crippen LogP contribution in [0.25, 0.3) is 0 Å². The largest absolute Gasteiger partial charge is 0.507 e. The highest BCUT2D eigenvalue weighted by molar-refractivity contribution is 6.19. The molecule has 0 heterocycles. The van der Waals surface area contributed by atoms with Crippen LogP contribution in [-0.4, -0.2) is 44.2 Å². The molecule has 2 unspecified atom stereocenters. The Kier molecular flexibility index (Phi) is 3.04. The standard InChI is InChI=1S/C15H16O6/c1-5-9(18)4-6-10(13(5)19)15(21)12-8(17)3-2-7(16)11(12)14(6)20/h2-3,5-6,9-10,13,16-19H,4H2,1H3/t5-,6?,9-,10?,13-/m0/s1. The van der Waals surface area contributed by atoms with Crippen LogP contribution in [0.2, 0.25) is 0 Å². The molecule has 1 fully saturated rings. The molecule has 0 aliphatic heterocycles. The number of rotatable bonds is 0. The summed E-state index contributed by atoms with van der Waals surface area (Å²) in [5.41, 5.74) is -0.445. The molecule has 5 atom stereocenters. The van der Waals surface area contributed by atoms with Crippen LogP contribution in [0.1, 0.15) is 34.1 Å². The number of aromatic hydroxyl groups is 2. The van der Waals surface area contributed by atoms with E-state index in [1.54, 1.807) is 6.92 Å². The van der Waals surface area contributed by atoms with Gasteiger partial charge in [0.2, 0.25) is 0 Å². The lowest BCUT2D eigenvalue weighted by Gasteiger charge is -2.43. The molecular formula is C15H16O6. The maximum Gasteiger partial charge on any atom is 0.173 e. The third kappa shape index (κ3) is 1.79. The zero-order chi connectivity index (χ0) is 15.5. The van der Waals surface area contributed by atoms with Crippen LogP contribution < -0.4 is 0 Å². The Morgan fingerprint density at radius 3 is 2.10 bits per heavy atom. The molecule has 3 rings (SSSR count). The number of phenolic OH excluding ortho intramolecular Hbond substituents is 2. The average molecular weight is 292 g/mol. The third-order valence-corrected chi connectivity index (χ3v) is 4.74. The van der Waals surface area contributed by atoms with Crippen molar-refractivity contribution in [3.05, 3.63) is 23.3 Å². The number of aliphatic hydroxyl groups excluding tert-OH is 2. The number of hydrogen-bond donors (Lipinski definition) is 4. The van der Waals surface area contributed by atoms with E-state index in [9.17, 15) is 30.0 Å². The fraction of sp³-hybridized carbons (Fsp3) is 0.467. The van der Waals surface area contributed by atoms with Gasteiger partial charge >= 0.3 is 0 Å². The first-order valence-corrected chi connectivity index (χ1v) is 6.84. The first-order chi connectivity index (χ1) is 9.84. The molecular weight excluding hydrogens is 276 g/mol. The van der Waals surface area contributed by atoms with Gasteiger partial charge in [-0.05, 0) is 18.6 Å². The minimum atomic E-state index is -1.16. The summed E-state index contributed by atoms with van der Waals surface area (Å²) in [7, 11) is 0. The summed E-state index contributed by atoms with van der Waals surface area (Å²) in [4.78, 5) is 25.1. The second-order valence-corrected chi connectivity index (χ2v) is 5.87. The number of aliphatic hydroxyl groups is 2. The van der Waals surface area contributed by atoms with E-state index in [0.717, 1.165) is 12.1 Å². The Bertz CT molecular complexity index is 637. The van der Waals surface area contributed by atoms with Crippen molar-refractivity contribution >= 4 is 11.6 Å². The van der Waals surface area contributed by atoms with E-state index in [1.165, 1.54) is 0 Å². The maximum absolute atomic E-state index is 12.6. The molecule has 0 aromatic heterocycles. The highest BCUT2D eigenvalue weighted by Gasteiger charge is 2.52. The molecule has 1 aromatic carbocycles. The van der Waals surface area contributed by atoms with Gasteiger partial charge < -0.3 is 20.4 Å². The molecule has 0 radical (unpaired) electrons. The maximum atomic E-state index is 12.6. The summed E-state index contributed by atoms with van der Waals surface area (Å²) in [6, 6.07) is 2.30. The molecule has 0 saturated heterocycles. The van der Waals surface area contributed by atoms with Gasteiger partial charge in [0.05, 0.1) is 29.3 Å².